The number of aliphatic hydroxyl groups excluding tert-OH is 1. The smallest absolute Gasteiger partial charge is 0.253 e. The number of aliphatic hydroxyl groups is 1. The molecule has 16 heavy (non-hydrogen) atoms. The van der Waals surface area contributed by atoms with Crippen molar-refractivity contribution in [1.82, 2.24) is 10.3 Å². The standard InChI is InChI=1S/C12H18N2O2/c1-9(5-4-8-15)14-12(16)11-6-3-7-13-10(11)2/h3,6-7,9,15H,4-5,8H2,1-2H3,(H,14,16). The summed E-state index contributed by atoms with van der Waals surface area (Å²) in [6, 6.07) is 3.58. The zero-order valence-corrected chi connectivity index (χ0v) is 9.73. The van der Waals surface area contributed by atoms with E-state index in [1.807, 2.05) is 13.8 Å². The number of carbonyl (C=O) groups excluding carboxylic acids is 1. The van der Waals surface area contributed by atoms with Gasteiger partial charge < -0.3 is 10.4 Å². The van der Waals surface area contributed by atoms with Gasteiger partial charge in [0.05, 0.1) is 5.56 Å². The molecule has 0 aliphatic heterocycles. The lowest BCUT2D eigenvalue weighted by molar-refractivity contribution is 0.0935. The molecule has 4 heteroatoms. The first kappa shape index (κ1) is 12.6. The molecule has 1 aromatic rings. The summed E-state index contributed by atoms with van der Waals surface area (Å²) in [6.45, 7) is 3.90. The Bertz CT molecular complexity index is 353. The number of nitrogens with one attached hydrogen (secondary N) is 1. The maximum atomic E-state index is 11.8. The minimum Gasteiger partial charge on any atom is -0.396 e. The lowest BCUT2D eigenvalue weighted by Crippen LogP contribution is -2.33. The Hall–Kier alpha value is -1.42. The monoisotopic (exact) mass is 222 g/mol. The van der Waals surface area contributed by atoms with E-state index in [1.165, 1.54) is 0 Å². The molecule has 2 N–H and O–H groups in total. The lowest BCUT2D eigenvalue weighted by atomic mass is 10.1. The van der Waals surface area contributed by atoms with Crippen LogP contribution in [0, 0.1) is 6.92 Å². The molecule has 0 aromatic carbocycles. The highest BCUT2D eigenvalue weighted by atomic mass is 16.2. The van der Waals surface area contributed by atoms with Crippen molar-refractivity contribution in [2.45, 2.75) is 32.7 Å². The summed E-state index contributed by atoms with van der Waals surface area (Å²) in [4.78, 5) is 15.9. The van der Waals surface area contributed by atoms with E-state index in [1.54, 1.807) is 18.3 Å². The van der Waals surface area contributed by atoms with Crippen LogP contribution in [0.3, 0.4) is 0 Å². The molecule has 0 aliphatic carbocycles. The Morgan fingerprint density at radius 2 is 2.38 bits per heavy atom. The van der Waals surface area contributed by atoms with Crippen molar-refractivity contribution in [2.24, 2.45) is 0 Å². The third-order valence-corrected chi connectivity index (χ3v) is 2.42. The molecule has 4 nitrogen and oxygen atoms in total. The van der Waals surface area contributed by atoms with Gasteiger partial charge in [-0.1, -0.05) is 0 Å². The summed E-state index contributed by atoms with van der Waals surface area (Å²) in [5.41, 5.74) is 1.34. The predicted octanol–water partition coefficient (Wildman–Crippen LogP) is 1.28. The molecule has 1 heterocycles. The van der Waals surface area contributed by atoms with Gasteiger partial charge in [0.25, 0.3) is 5.91 Å². The Morgan fingerprint density at radius 3 is 3.00 bits per heavy atom. The van der Waals surface area contributed by atoms with Gasteiger partial charge in [0.1, 0.15) is 0 Å². The second-order valence-electron chi connectivity index (χ2n) is 3.88. The summed E-state index contributed by atoms with van der Waals surface area (Å²) in [5, 5.41) is 11.6. The molecular weight excluding hydrogens is 204 g/mol. The van der Waals surface area contributed by atoms with Crippen LogP contribution in [0.5, 0.6) is 0 Å². The van der Waals surface area contributed by atoms with Gasteiger partial charge in [0.2, 0.25) is 0 Å². The zero-order valence-electron chi connectivity index (χ0n) is 9.73. The number of nitrogens with zero attached hydrogens (tertiary/aromatic N) is 1. The molecule has 0 saturated heterocycles. The van der Waals surface area contributed by atoms with Crippen LogP contribution in [-0.2, 0) is 0 Å². The fourth-order valence-electron chi connectivity index (χ4n) is 1.50. The SMILES string of the molecule is Cc1ncccc1C(=O)NC(C)CCCO. The molecule has 0 fully saturated rings. The van der Waals surface area contributed by atoms with Gasteiger partial charge in [-0.15, -0.1) is 0 Å². The van der Waals surface area contributed by atoms with Crippen LogP contribution < -0.4 is 5.32 Å². The third kappa shape index (κ3) is 3.62. The minimum atomic E-state index is -0.101. The van der Waals surface area contributed by atoms with E-state index < -0.39 is 0 Å². The van der Waals surface area contributed by atoms with Crippen LogP contribution in [0.2, 0.25) is 0 Å². The van der Waals surface area contributed by atoms with Crippen molar-refractivity contribution in [3.05, 3.63) is 29.6 Å². The first-order valence-electron chi connectivity index (χ1n) is 5.48. The van der Waals surface area contributed by atoms with Gasteiger partial charge in [0, 0.05) is 24.5 Å². The van der Waals surface area contributed by atoms with Crippen molar-refractivity contribution in [1.29, 1.82) is 0 Å². The molecule has 0 radical (unpaired) electrons. The average molecular weight is 222 g/mol. The number of rotatable bonds is 5. The molecular formula is C12H18N2O2. The number of aryl methyl sites for hydroxylation is 1. The summed E-state index contributed by atoms with van der Waals surface area (Å²) in [5.74, 6) is -0.101. The van der Waals surface area contributed by atoms with Crippen LogP contribution in [0.15, 0.2) is 18.3 Å². The number of amides is 1. The van der Waals surface area contributed by atoms with Gasteiger partial charge in [-0.2, -0.15) is 0 Å². The number of hydrogen-bond acceptors (Lipinski definition) is 3. The van der Waals surface area contributed by atoms with Crippen LogP contribution in [-0.4, -0.2) is 28.6 Å². The van der Waals surface area contributed by atoms with Crippen molar-refractivity contribution >= 4 is 5.91 Å². The largest absolute Gasteiger partial charge is 0.396 e. The molecule has 0 spiro atoms. The van der Waals surface area contributed by atoms with E-state index in [2.05, 4.69) is 10.3 Å². The average Bonchev–Trinajstić information content (AvgIpc) is 2.26. The van der Waals surface area contributed by atoms with Crippen LogP contribution >= 0.6 is 0 Å². The summed E-state index contributed by atoms with van der Waals surface area (Å²) in [7, 11) is 0. The maximum absolute atomic E-state index is 11.8. The molecule has 88 valence electrons. The molecule has 1 amide bonds. The molecule has 1 unspecified atom stereocenters. The van der Waals surface area contributed by atoms with Gasteiger partial charge in [0.15, 0.2) is 0 Å². The molecule has 0 saturated carbocycles. The predicted molar refractivity (Wildman–Crippen MR) is 62.2 cm³/mol. The van der Waals surface area contributed by atoms with E-state index in [-0.39, 0.29) is 18.6 Å². The quantitative estimate of drug-likeness (QED) is 0.789. The van der Waals surface area contributed by atoms with Gasteiger partial charge in [-0.05, 0) is 38.8 Å². The number of hydrogen-bond donors (Lipinski definition) is 2. The molecule has 1 rings (SSSR count). The van der Waals surface area contributed by atoms with E-state index in [0.29, 0.717) is 12.0 Å². The minimum absolute atomic E-state index is 0.0688. The number of pyridine rings is 1. The molecule has 0 bridgehead atoms. The molecule has 1 atom stereocenters. The second-order valence-corrected chi connectivity index (χ2v) is 3.88. The second kappa shape index (κ2) is 6.23. The van der Waals surface area contributed by atoms with Gasteiger partial charge in [-0.3, -0.25) is 9.78 Å². The van der Waals surface area contributed by atoms with E-state index in [9.17, 15) is 4.79 Å². The van der Waals surface area contributed by atoms with Crippen LogP contribution in [0.25, 0.3) is 0 Å². The highest BCUT2D eigenvalue weighted by Gasteiger charge is 2.11. The molecule has 0 aliphatic rings. The summed E-state index contributed by atoms with van der Waals surface area (Å²) >= 11 is 0. The number of carbonyl (C=O) groups is 1. The Kier molecular flexibility index (Phi) is 4.92. The highest BCUT2D eigenvalue weighted by Crippen LogP contribution is 2.04. The lowest BCUT2D eigenvalue weighted by Gasteiger charge is -2.13. The number of aromatic nitrogens is 1. The summed E-state index contributed by atoms with van der Waals surface area (Å²) < 4.78 is 0. The Labute approximate surface area is 95.7 Å². The van der Waals surface area contributed by atoms with E-state index >= 15 is 0 Å². The third-order valence-electron chi connectivity index (χ3n) is 2.42. The Balaban J connectivity index is 2.56. The first-order chi connectivity index (χ1) is 7.65. The van der Waals surface area contributed by atoms with Crippen LogP contribution in [0.4, 0.5) is 0 Å². The van der Waals surface area contributed by atoms with Crippen molar-refractivity contribution in [2.75, 3.05) is 6.61 Å². The van der Waals surface area contributed by atoms with E-state index in [4.69, 9.17) is 5.11 Å². The highest BCUT2D eigenvalue weighted by molar-refractivity contribution is 5.95. The van der Waals surface area contributed by atoms with E-state index in [0.717, 1.165) is 12.1 Å². The maximum Gasteiger partial charge on any atom is 0.253 e. The Morgan fingerprint density at radius 1 is 1.62 bits per heavy atom. The van der Waals surface area contributed by atoms with Gasteiger partial charge in [-0.25, -0.2) is 0 Å². The van der Waals surface area contributed by atoms with Gasteiger partial charge >= 0.3 is 0 Å². The van der Waals surface area contributed by atoms with Crippen molar-refractivity contribution < 1.29 is 9.90 Å². The summed E-state index contributed by atoms with van der Waals surface area (Å²) in [6.07, 6.45) is 3.15. The topological polar surface area (TPSA) is 62.2 Å². The fourth-order valence-corrected chi connectivity index (χ4v) is 1.50. The zero-order chi connectivity index (χ0) is 12.0. The van der Waals surface area contributed by atoms with Crippen molar-refractivity contribution in [3.63, 3.8) is 0 Å². The van der Waals surface area contributed by atoms with Crippen molar-refractivity contribution in [3.8, 4) is 0 Å². The van der Waals surface area contributed by atoms with Crippen LogP contribution in [0.1, 0.15) is 35.8 Å². The molecule has 1 aromatic heterocycles. The first-order valence-corrected chi connectivity index (χ1v) is 5.48. The fraction of sp³-hybridized carbons (Fsp3) is 0.500. The normalized spacial score (nSPS) is 12.2.